The Morgan fingerprint density at radius 1 is 1.05 bits per heavy atom. The molecule has 1 aromatic heterocycles. The molecular formula is C8H10N4O7. The summed E-state index contributed by atoms with van der Waals surface area (Å²) in [6.07, 6.45) is 0. The summed E-state index contributed by atoms with van der Waals surface area (Å²) in [4.78, 5) is 22.8. The number of hydrogen-bond acceptors (Lipinski definition) is 8. The Kier molecular flexibility index (Phi) is 4.34. The van der Waals surface area contributed by atoms with Crippen LogP contribution >= 0.6 is 0 Å². The molecule has 11 heteroatoms. The van der Waals surface area contributed by atoms with E-state index in [1.165, 1.54) is 13.8 Å². The summed E-state index contributed by atoms with van der Waals surface area (Å²) in [5.74, 6) is -3.57. The lowest BCUT2D eigenvalue weighted by atomic mass is 10.5. The zero-order valence-corrected chi connectivity index (χ0v) is 10.1. The Balaban J connectivity index is 3.59. The van der Waals surface area contributed by atoms with E-state index in [0.717, 1.165) is 0 Å². The van der Waals surface area contributed by atoms with Crippen LogP contribution < -0.4 is 14.2 Å². The third-order valence-electron chi connectivity index (χ3n) is 1.88. The average Bonchev–Trinajstić information content (AvgIpc) is 2.28. The predicted molar refractivity (Wildman–Crippen MR) is 58.8 cm³/mol. The van der Waals surface area contributed by atoms with E-state index in [2.05, 4.69) is 4.98 Å². The van der Waals surface area contributed by atoms with Gasteiger partial charge in [-0.15, -0.1) is 0 Å². The third-order valence-corrected chi connectivity index (χ3v) is 1.88. The zero-order chi connectivity index (χ0) is 14.6. The molecule has 0 fully saturated rings. The quantitative estimate of drug-likeness (QED) is 0.312. The molecule has 11 nitrogen and oxygen atoms in total. The van der Waals surface area contributed by atoms with Crippen LogP contribution in [0.1, 0.15) is 13.8 Å². The van der Waals surface area contributed by atoms with E-state index in [0.29, 0.717) is 0 Å². The van der Waals surface area contributed by atoms with Crippen molar-refractivity contribution in [3.8, 4) is 11.8 Å². The van der Waals surface area contributed by atoms with Gasteiger partial charge in [0.2, 0.25) is 0 Å². The van der Waals surface area contributed by atoms with Crippen molar-refractivity contribution in [1.82, 2.24) is 4.98 Å². The van der Waals surface area contributed by atoms with Gasteiger partial charge < -0.3 is 14.7 Å². The van der Waals surface area contributed by atoms with Crippen LogP contribution in [0.25, 0.3) is 0 Å². The molecule has 0 bridgehead atoms. The summed E-state index contributed by atoms with van der Waals surface area (Å²) in [7, 11) is 0. The molecule has 1 rings (SSSR count). The summed E-state index contributed by atoms with van der Waals surface area (Å²) in [5, 5.41) is 33.2. The van der Waals surface area contributed by atoms with E-state index >= 15 is 0 Å². The first-order valence-electron chi connectivity index (χ1n) is 5.15. The molecule has 19 heavy (non-hydrogen) atoms. The van der Waals surface area contributed by atoms with Gasteiger partial charge in [-0.05, 0) is 18.6 Å². The van der Waals surface area contributed by atoms with Crippen molar-refractivity contribution in [1.29, 1.82) is 0 Å². The SMILES string of the molecule is CCOc1nc(OCC)c([N+](=O)[O-])[n+]([O-])c1[N+](=O)[O-]. The average molecular weight is 274 g/mol. The van der Waals surface area contributed by atoms with Crippen LogP contribution in [0.3, 0.4) is 0 Å². The minimum absolute atomic E-state index is 0.00276. The van der Waals surface area contributed by atoms with Crippen LogP contribution in [0.2, 0.25) is 0 Å². The molecular weight excluding hydrogens is 264 g/mol. The maximum absolute atomic E-state index is 11.7. The van der Waals surface area contributed by atoms with Gasteiger partial charge in [-0.1, -0.05) is 0 Å². The van der Waals surface area contributed by atoms with E-state index in [1.54, 1.807) is 0 Å². The van der Waals surface area contributed by atoms with Gasteiger partial charge >= 0.3 is 23.4 Å². The maximum atomic E-state index is 11.7. The molecule has 0 saturated carbocycles. The molecule has 0 radical (unpaired) electrons. The molecule has 0 amide bonds. The lowest BCUT2D eigenvalue weighted by Crippen LogP contribution is -2.35. The van der Waals surface area contributed by atoms with Crippen LogP contribution in [-0.4, -0.2) is 28.0 Å². The van der Waals surface area contributed by atoms with E-state index in [-0.39, 0.29) is 13.2 Å². The van der Waals surface area contributed by atoms with E-state index in [9.17, 15) is 25.4 Å². The van der Waals surface area contributed by atoms with Gasteiger partial charge in [0.1, 0.15) is 9.85 Å². The summed E-state index contributed by atoms with van der Waals surface area (Å²) in [5.41, 5.74) is 0. The second-order valence-electron chi connectivity index (χ2n) is 3.04. The fraction of sp³-hybridized carbons (Fsp3) is 0.500. The molecule has 1 aromatic rings. The Labute approximate surface area is 106 Å². The largest absolute Gasteiger partial charge is 0.609 e. The Bertz CT molecular complexity index is 476. The molecule has 0 spiro atoms. The fourth-order valence-electron chi connectivity index (χ4n) is 1.24. The first kappa shape index (κ1) is 14.3. The number of aromatic nitrogens is 2. The highest BCUT2D eigenvalue weighted by Crippen LogP contribution is 2.29. The van der Waals surface area contributed by atoms with Gasteiger partial charge in [-0.3, -0.25) is 20.2 Å². The van der Waals surface area contributed by atoms with Crippen molar-refractivity contribution in [3.63, 3.8) is 0 Å². The number of hydrogen-bond donors (Lipinski definition) is 0. The summed E-state index contributed by atoms with van der Waals surface area (Å²) in [6, 6.07) is 0. The van der Waals surface area contributed by atoms with Crippen molar-refractivity contribution >= 4 is 11.6 Å². The van der Waals surface area contributed by atoms with Gasteiger partial charge in [-0.2, -0.15) is 4.98 Å². The molecule has 0 aliphatic rings. The van der Waals surface area contributed by atoms with Crippen molar-refractivity contribution < 1.29 is 24.1 Å². The van der Waals surface area contributed by atoms with Crippen LogP contribution in [0.15, 0.2) is 0 Å². The Morgan fingerprint density at radius 2 is 1.42 bits per heavy atom. The monoisotopic (exact) mass is 274 g/mol. The molecule has 0 aliphatic carbocycles. The Hall–Kier alpha value is -2.72. The van der Waals surface area contributed by atoms with E-state index < -0.39 is 38.0 Å². The smallest absolute Gasteiger partial charge is 0.582 e. The number of ether oxygens (including phenoxy) is 2. The van der Waals surface area contributed by atoms with Crippen LogP contribution in [0.4, 0.5) is 11.6 Å². The minimum Gasteiger partial charge on any atom is -0.609 e. The van der Waals surface area contributed by atoms with Crippen molar-refractivity contribution in [2.75, 3.05) is 13.2 Å². The first-order chi connectivity index (χ1) is 8.93. The molecule has 0 saturated heterocycles. The topological polar surface area (TPSA) is 145 Å². The normalized spacial score (nSPS) is 10.0. The standard InChI is InChI=1S/C8H10N4O7/c1-3-18-5-7(11(14)15)10(13)8(12(16)17)6(9-5)19-4-2/h3-4H2,1-2H3. The van der Waals surface area contributed by atoms with Crippen molar-refractivity contribution in [2.24, 2.45) is 0 Å². The highest BCUT2D eigenvalue weighted by Gasteiger charge is 2.42. The van der Waals surface area contributed by atoms with Gasteiger partial charge in [0, 0.05) is 0 Å². The summed E-state index contributed by atoms with van der Waals surface area (Å²) >= 11 is 0. The molecule has 0 atom stereocenters. The van der Waals surface area contributed by atoms with Crippen LogP contribution in [-0.2, 0) is 0 Å². The summed E-state index contributed by atoms with van der Waals surface area (Å²) < 4.78 is 9.18. The molecule has 0 unspecified atom stereocenters. The van der Waals surface area contributed by atoms with Gasteiger partial charge in [0.25, 0.3) is 0 Å². The predicted octanol–water partition coefficient (Wildman–Crippen LogP) is 0.329. The molecule has 1 heterocycles. The van der Waals surface area contributed by atoms with Crippen LogP contribution in [0.5, 0.6) is 11.8 Å². The zero-order valence-electron chi connectivity index (χ0n) is 10.1. The van der Waals surface area contributed by atoms with Crippen LogP contribution in [0, 0.1) is 25.4 Å². The molecule has 104 valence electrons. The number of rotatable bonds is 6. The lowest BCUT2D eigenvalue weighted by molar-refractivity contribution is -0.704. The minimum atomic E-state index is -1.16. The van der Waals surface area contributed by atoms with Gasteiger partial charge in [0.05, 0.1) is 13.2 Å². The second-order valence-corrected chi connectivity index (χ2v) is 3.04. The first-order valence-corrected chi connectivity index (χ1v) is 5.15. The number of nitrogens with zero attached hydrogens (tertiary/aromatic N) is 4. The second kappa shape index (κ2) is 5.75. The van der Waals surface area contributed by atoms with Crippen molar-refractivity contribution in [3.05, 3.63) is 25.4 Å². The highest BCUT2D eigenvalue weighted by atomic mass is 16.7. The molecule has 0 N–H and O–H groups in total. The van der Waals surface area contributed by atoms with Gasteiger partial charge in [0.15, 0.2) is 0 Å². The highest BCUT2D eigenvalue weighted by molar-refractivity contribution is 5.38. The molecule has 0 aromatic carbocycles. The third kappa shape index (κ3) is 2.75. The van der Waals surface area contributed by atoms with Gasteiger partial charge in [-0.25, -0.2) is 0 Å². The van der Waals surface area contributed by atoms with Crippen molar-refractivity contribution in [2.45, 2.75) is 13.8 Å². The van der Waals surface area contributed by atoms with E-state index in [1.807, 2.05) is 0 Å². The Morgan fingerprint density at radius 3 is 1.68 bits per heavy atom. The molecule has 0 aliphatic heterocycles. The lowest BCUT2D eigenvalue weighted by Gasteiger charge is -2.06. The fourth-order valence-corrected chi connectivity index (χ4v) is 1.24. The number of nitro groups is 2. The maximum Gasteiger partial charge on any atom is 0.582 e. The van der Waals surface area contributed by atoms with E-state index in [4.69, 9.17) is 9.47 Å². The summed E-state index contributed by atoms with van der Waals surface area (Å²) in [6.45, 7) is 3.03.